The number of rotatable bonds is 5. The highest BCUT2D eigenvalue weighted by Gasteiger charge is 2.25. The molecule has 0 bridgehead atoms. The summed E-state index contributed by atoms with van der Waals surface area (Å²) in [5.74, 6) is 0. The van der Waals surface area contributed by atoms with E-state index in [4.69, 9.17) is 23.2 Å². The summed E-state index contributed by atoms with van der Waals surface area (Å²) in [6.45, 7) is 1.76. The molecule has 122 valence electrons. The molecule has 0 aromatic heterocycles. The zero-order valence-electron chi connectivity index (χ0n) is 11.9. The molecular weight excluding hydrogens is 363 g/mol. The van der Waals surface area contributed by atoms with E-state index in [0.29, 0.717) is 10.0 Å². The first-order valence-corrected chi connectivity index (χ1v) is 8.68. The van der Waals surface area contributed by atoms with E-state index in [-0.39, 0.29) is 22.8 Å². The molecule has 0 heterocycles. The second kappa shape index (κ2) is 6.74. The third-order valence-corrected chi connectivity index (χ3v) is 5.37. The van der Waals surface area contributed by atoms with Crippen molar-refractivity contribution in [2.24, 2.45) is 0 Å². The summed E-state index contributed by atoms with van der Waals surface area (Å²) in [5.41, 5.74) is -0.0113. The van der Waals surface area contributed by atoms with Gasteiger partial charge >= 0.3 is 0 Å². The average molecular weight is 375 g/mol. The van der Waals surface area contributed by atoms with Crippen molar-refractivity contribution in [2.45, 2.75) is 11.8 Å². The molecule has 0 spiro atoms. The summed E-state index contributed by atoms with van der Waals surface area (Å²) >= 11 is 11.8. The van der Waals surface area contributed by atoms with Gasteiger partial charge in [-0.3, -0.25) is 14.4 Å². The maximum Gasteiger partial charge on any atom is 0.270 e. The van der Waals surface area contributed by atoms with Gasteiger partial charge in [0.15, 0.2) is 0 Å². The number of sulfonamides is 1. The van der Waals surface area contributed by atoms with Crippen LogP contribution in [0.1, 0.15) is 6.92 Å². The minimum atomic E-state index is -3.98. The third kappa shape index (κ3) is 3.74. The number of nitro groups is 1. The number of nitro benzene ring substituents is 1. The number of hydrogen-bond donors (Lipinski definition) is 0. The standard InChI is InChI=1S/C14H12Cl2N2O4S/c1-2-17(13-7-10(15)6-11(16)8-13)23(21,22)14-5-3-4-12(9-14)18(19)20/h3-9H,2H2,1H3. The van der Waals surface area contributed by atoms with Crippen molar-refractivity contribution in [1.29, 1.82) is 0 Å². The van der Waals surface area contributed by atoms with Gasteiger partial charge in [0.05, 0.1) is 15.5 Å². The van der Waals surface area contributed by atoms with Crippen LogP contribution in [0.15, 0.2) is 47.4 Å². The number of anilines is 1. The van der Waals surface area contributed by atoms with Crippen molar-refractivity contribution in [3.63, 3.8) is 0 Å². The van der Waals surface area contributed by atoms with Crippen LogP contribution in [0.2, 0.25) is 10.0 Å². The quantitative estimate of drug-likeness (QED) is 0.582. The van der Waals surface area contributed by atoms with Crippen LogP contribution in [0, 0.1) is 10.1 Å². The molecule has 2 rings (SSSR count). The van der Waals surface area contributed by atoms with Crippen LogP contribution in [0.25, 0.3) is 0 Å². The summed E-state index contributed by atoms with van der Waals surface area (Å²) in [7, 11) is -3.98. The Morgan fingerprint density at radius 2 is 1.74 bits per heavy atom. The van der Waals surface area contributed by atoms with Crippen LogP contribution in [-0.2, 0) is 10.0 Å². The summed E-state index contributed by atoms with van der Waals surface area (Å²) < 4.78 is 26.6. The van der Waals surface area contributed by atoms with E-state index < -0.39 is 14.9 Å². The molecule has 0 aliphatic rings. The Bertz CT molecular complexity index is 835. The first kappa shape index (κ1) is 17.5. The van der Waals surface area contributed by atoms with Crippen LogP contribution < -0.4 is 4.31 Å². The number of non-ortho nitro benzene ring substituents is 1. The van der Waals surface area contributed by atoms with Crippen molar-refractivity contribution < 1.29 is 13.3 Å². The van der Waals surface area contributed by atoms with Crippen LogP contribution in [0.5, 0.6) is 0 Å². The lowest BCUT2D eigenvalue weighted by Crippen LogP contribution is -2.30. The van der Waals surface area contributed by atoms with Gasteiger partial charge in [0.25, 0.3) is 15.7 Å². The molecule has 0 saturated carbocycles. The number of nitrogens with zero attached hydrogens (tertiary/aromatic N) is 2. The molecule has 0 radical (unpaired) electrons. The molecule has 0 unspecified atom stereocenters. The highest BCUT2D eigenvalue weighted by Crippen LogP contribution is 2.30. The zero-order valence-corrected chi connectivity index (χ0v) is 14.3. The molecule has 9 heteroatoms. The van der Waals surface area contributed by atoms with Gasteiger partial charge in [0, 0.05) is 28.7 Å². The molecule has 23 heavy (non-hydrogen) atoms. The zero-order chi connectivity index (χ0) is 17.2. The van der Waals surface area contributed by atoms with Crippen molar-refractivity contribution in [3.8, 4) is 0 Å². The van der Waals surface area contributed by atoms with E-state index in [9.17, 15) is 18.5 Å². The molecule has 0 saturated heterocycles. The van der Waals surface area contributed by atoms with E-state index in [1.54, 1.807) is 6.92 Å². The monoisotopic (exact) mass is 374 g/mol. The Hall–Kier alpha value is -1.83. The molecule has 0 atom stereocenters. The molecule has 6 nitrogen and oxygen atoms in total. The second-order valence-corrected chi connectivity index (χ2v) is 7.29. The number of benzene rings is 2. The van der Waals surface area contributed by atoms with E-state index >= 15 is 0 Å². The van der Waals surface area contributed by atoms with Gasteiger partial charge in [0.2, 0.25) is 0 Å². The van der Waals surface area contributed by atoms with Crippen molar-refractivity contribution in [2.75, 3.05) is 10.8 Å². The fourth-order valence-electron chi connectivity index (χ4n) is 2.06. The molecule has 2 aromatic carbocycles. The Kier molecular flexibility index (Phi) is 5.13. The summed E-state index contributed by atoms with van der Waals surface area (Å²) in [6.07, 6.45) is 0. The SMILES string of the molecule is CCN(c1cc(Cl)cc(Cl)c1)S(=O)(=O)c1cccc([N+](=O)[O-])c1. The minimum absolute atomic E-state index is 0.113. The predicted octanol–water partition coefficient (Wildman–Crippen LogP) is 4.12. The highest BCUT2D eigenvalue weighted by atomic mass is 35.5. The van der Waals surface area contributed by atoms with E-state index in [1.807, 2.05) is 0 Å². The summed E-state index contributed by atoms with van der Waals surface area (Å²) in [6, 6.07) is 9.29. The highest BCUT2D eigenvalue weighted by molar-refractivity contribution is 7.92. The van der Waals surface area contributed by atoms with Gasteiger partial charge in [-0.1, -0.05) is 29.3 Å². The molecule has 0 aliphatic heterocycles. The van der Waals surface area contributed by atoms with E-state index in [1.165, 1.54) is 36.4 Å². The lowest BCUT2D eigenvalue weighted by Gasteiger charge is -2.23. The van der Waals surface area contributed by atoms with E-state index in [2.05, 4.69) is 0 Å². The minimum Gasteiger partial charge on any atom is -0.267 e. The lowest BCUT2D eigenvalue weighted by atomic mass is 10.3. The topological polar surface area (TPSA) is 80.5 Å². The fourth-order valence-corrected chi connectivity index (χ4v) is 4.07. The molecule has 0 amide bonds. The lowest BCUT2D eigenvalue weighted by molar-refractivity contribution is -0.385. The normalized spacial score (nSPS) is 11.3. The maximum atomic E-state index is 12.8. The van der Waals surface area contributed by atoms with E-state index in [0.717, 1.165) is 10.4 Å². The Morgan fingerprint density at radius 1 is 1.13 bits per heavy atom. The van der Waals surface area contributed by atoms with Crippen LogP contribution in [0.3, 0.4) is 0 Å². The Labute approximate surface area is 143 Å². The maximum absolute atomic E-state index is 12.8. The van der Waals surface area contributed by atoms with Gasteiger partial charge in [0.1, 0.15) is 0 Å². The molecular formula is C14H12Cl2N2O4S. The van der Waals surface area contributed by atoms with Crippen molar-refractivity contribution in [1.82, 2.24) is 0 Å². The summed E-state index contributed by atoms with van der Waals surface area (Å²) in [4.78, 5) is 10.0. The van der Waals surface area contributed by atoms with Gasteiger partial charge < -0.3 is 0 Å². The first-order chi connectivity index (χ1) is 10.8. The second-order valence-electron chi connectivity index (χ2n) is 4.55. The largest absolute Gasteiger partial charge is 0.270 e. The predicted molar refractivity (Wildman–Crippen MR) is 89.8 cm³/mol. The van der Waals surface area contributed by atoms with Gasteiger partial charge in [-0.2, -0.15) is 0 Å². The van der Waals surface area contributed by atoms with Crippen LogP contribution >= 0.6 is 23.2 Å². The number of hydrogen-bond acceptors (Lipinski definition) is 4. The first-order valence-electron chi connectivity index (χ1n) is 6.49. The molecule has 2 aromatic rings. The van der Waals surface area contributed by atoms with Crippen molar-refractivity contribution in [3.05, 3.63) is 62.6 Å². The van der Waals surface area contributed by atoms with Crippen LogP contribution in [0.4, 0.5) is 11.4 Å². The molecule has 0 N–H and O–H groups in total. The fraction of sp³-hybridized carbons (Fsp3) is 0.143. The smallest absolute Gasteiger partial charge is 0.267 e. The van der Waals surface area contributed by atoms with Gasteiger partial charge in [-0.15, -0.1) is 0 Å². The molecule has 0 aliphatic carbocycles. The van der Waals surface area contributed by atoms with Gasteiger partial charge in [-0.05, 0) is 31.2 Å². The van der Waals surface area contributed by atoms with Gasteiger partial charge in [-0.25, -0.2) is 8.42 Å². The Morgan fingerprint density at radius 3 is 2.26 bits per heavy atom. The third-order valence-electron chi connectivity index (χ3n) is 3.04. The van der Waals surface area contributed by atoms with Crippen LogP contribution in [-0.4, -0.2) is 19.9 Å². The Balaban J connectivity index is 2.55. The van der Waals surface area contributed by atoms with Crippen molar-refractivity contribution >= 4 is 44.6 Å². The average Bonchev–Trinajstić information content (AvgIpc) is 2.46. The summed E-state index contributed by atoms with van der Waals surface area (Å²) in [5, 5.41) is 11.4. The number of halogens is 2. The molecule has 0 fully saturated rings.